The van der Waals surface area contributed by atoms with E-state index in [1.165, 1.54) is 11.8 Å². The molecule has 2 aromatic rings. The fraction of sp³-hybridized carbons (Fsp3) is 0.286. The summed E-state index contributed by atoms with van der Waals surface area (Å²) in [6.07, 6.45) is 2.95. The predicted molar refractivity (Wildman–Crippen MR) is 79.3 cm³/mol. The Balaban J connectivity index is 1.56. The van der Waals surface area contributed by atoms with Crippen LogP contribution in [0.15, 0.2) is 33.7 Å². The number of amides is 1. The van der Waals surface area contributed by atoms with Gasteiger partial charge >= 0.3 is 0 Å². The second-order valence-corrected chi connectivity index (χ2v) is 6.07. The number of hydrogen-bond donors (Lipinski definition) is 1. The Hall–Kier alpha value is -1.46. The lowest BCUT2D eigenvalue weighted by Gasteiger charge is -2.03. The van der Waals surface area contributed by atoms with Crippen molar-refractivity contribution in [1.82, 2.24) is 5.16 Å². The number of thioether (sulfide) groups is 1. The van der Waals surface area contributed by atoms with Crippen LogP contribution in [0, 0.1) is 0 Å². The van der Waals surface area contributed by atoms with Gasteiger partial charge in [0.2, 0.25) is 11.8 Å². The maximum Gasteiger partial charge on any atom is 0.237 e. The van der Waals surface area contributed by atoms with Crippen molar-refractivity contribution in [3.8, 4) is 0 Å². The van der Waals surface area contributed by atoms with Gasteiger partial charge in [0.05, 0.1) is 11.4 Å². The summed E-state index contributed by atoms with van der Waals surface area (Å²) in [5, 5.41) is 7.45. The molecule has 1 amide bonds. The van der Waals surface area contributed by atoms with Crippen LogP contribution in [0.5, 0.6) is 0 Å². The van der Waals surface area contributed by atoms with Gasteiger partial charge in [-0.1, -0.05) is 16.8 Å². The molecule has 0 aliphatic heterocycles. The number of nitrogens with zero attached hydrogens (tertiary/aromatic N) is 1. The average molecular weight is 309 g/mol. The number of carbonyl (C=O) groups excluding carboxylic acids is 1. The van der Waals surface area contributed by atoms with Gasteiger partial charge in [-0.2, -0.15) is 0 Å². The molecule has 4 nitrogen and oxygen atoms in total. The minimum Gasteiger partial charge on any atom is -0.338 e. The molecule has 1 aromatic heterocycles. The van der Waals surface area contributed by atoms with Gasteiger partial charge in [0.25, 0.3) is 0 Å². The maximum atomic E-state index is 11.9. The molecule has 0 spiro atoms. The molecule has 0 saturated heterocycles. The molecule has 3 rings (SSSR count). The number of aryl methyl sites for hydroxylation is 1. The molecule has 1 heterocycles. The summed E-state index contributed by atoms with van der Waals surface area (Å²) < 4.78 is 5.17. The Morgan fingerprint density at radius 1 is 1.35 bits per heavy atom. The van der Waals surface area contributed by atoms with Crippen molar-refractivity contribution >= 4 is 35.2 Å². The third kappa shape index (κ3) is 2.99. The van der Waals surface area contributed by atoms with Gasteiger partial charge < -0.3 is 4.52 Å². The molecule has 0 fully saturated rings. The SMILES string of the molecule is O=C(CSc1ccc(Cl)cc1)Nc1onc2c1CCC2. The number of carbonyl (C=O) groups is 1. The number of rotatable bonds is 4. The Kier molecular flexibility index (Phi) is 3.98. The van der Waals surface area contributed by atoms with E-state index in [1.54, 1.807) is 0 Å². The smallest absolute Gasteiger partial charge is 0.237 e. The minimum absolute atomic E-state index is 0.0872. The second-order valence-electron chi connectivity index (χ2n) is 4.58. The molecule has 104 valence electrons. The molecule has 0 radical (unpaired) electrons. The minimum atomic E-state index is -0.0872. The normalized spacial score (nSPS) is 13.2. The molecule has 1 aromatic carbocycles. The van der Waals surface area contributed by atoms with Gasteiger partial charge in [0, 0.05) is 15.5 Å². The molecule has 6 heteroatoms. The Morgan fingerprint density at radius 2 is 2.15 bits per heavy atom. The first-order valence-electron chi connectivity index (χ1n) is 6.38. The van der Waals surface area contributed by atoms with E-state index in [-0.39, 0.29) is 5.91 Å². The number of halogens is 1. The number of anilines is 1. The molecule has 0 saturated carbocycles. The monoisotopic (exact) mass is 308 g/mol. The van der Waals surface area contributed by atoms with Crippen LogP contribution in [0.2, 0.25) is 5.02 Å². The fourth-order valence-electron chi connectivity index (χ4n) is 2.17. The van der Waals surface area contributed by atoms with E-state index in [1.807, 2.05) is 24.3 Å². The molecule has 20 heavy (non-hydrogen) atoms. The van der Waals surface area contributed by atoms with E-state index < -0.39 is 0 Å². The van der Waals surface area contributed by atoms with Crippen LogP contribution in [0.3, 0.4) is 0 Å². The van der Waals surface area contributed by atoms with Gasteiger partial charge in [-0.3, -0.25) is 10.1 Å². The number of benzene rings is 1. The summed E-state index contributed by atoms with van der Waals surface area (Å²) in [6, 6.07) is 7.41. The highest BCUT2D eigenvalue weighted by atomic mass is 35.5. The van der Waals surface area contributed by atoms with Crippen LogP contribution in [-0.2, 0) is 17.6 Å². The van der Waals surface area contributed by atoms with Gasteiger partial charge in [-0.25, -0.2) is 0 Å². The van der Waals surface area contributed by atoms with Crippen molar-refractivity contribution < 1.29 is 9.32 Å². The number of fused-ring (bicyclic) bond motifs is 1. The zero-order valence-electron chi connectivity index (χ0n) is 10.7. The van der Waals surface area contributed by atoms with Crippen LogP contribution >= 0.6 is 23.4 Å². The largest absolute Gasteiger partial charge is 0.338 e. The van der Waals surface area contributed by atoms with Crippen LogP contribution in [0.4, 0.5) is 5.88 Å². The summed E-state index contributed by atoms with van der Waals surface area (Å²) >= 11 is 7.28. The number of aromatic nitrogens is 1. The van der Waals surface area contributed by atoms with Crippen LogP contribution in [0.1, 0.15) is 17.7 Å². The van der Waals surface area contributed by atoms with E-state index in [9.17, 15) is 4.79 Å². The fourth-order valence-corrected chi connectivity index (χ4v) is 2.99. The second kappa shape index (κ2) is 5.89. The summed E-state index contributed by atoms with van der Waals surface area (Å²) in [5.74, 6) is 0.756. The van der Waals surface area contributed by atoms with Crippen molar-refractivity contribution in [3.63, 3.8) is 0 Å². The summed E-state index contributed by atoms with van der Waals surface area (Å²) in [4.78, 5) is 12.9. The standard InChI is InChI=1S/C14H13ClN2O2S/c15-9-4-6-10(7-5-9)20-8-13(18)16-14-11-2-1-3-12(11)17-19-14/h4-7H,1-3,8H2,(H,16,18). The maximum absolute atomic E-state index is 11.9. The Bertz CT molecular complexity index is 625. The number of nitrogens with one attached hydrogen (secondary N) is 1. The van der Waals surface area contributed by atoms with Crippen LogP contribution in [0.25, 0.3) is 0 Å². The first kappa shape index (κ1) is 13.5. The van der Waals surface area contributed by atoms with Crippen molar-refractivity contribution in [1.29, 1.82) is 0 Å². The number of hydrogen-bond acceptors (Lipinski definition) is 4. The van der Waals surface area contributed by atoms with E-state index in [0.717, 1.165) is 35.4 Å². The molecule has 1 aliphatic rings. The van der Waals surface area contributed by atoms with Gasteiger partial charge in [-0.05, 0) is 43.5 Å². The van der Waals surface area contributed by atoms with Crippen molar-refractivity contribution in [2.75, 3.05) is 11.1 Å². The zero-order chi connectivity index (χ0) is 13.9. The third-order valence-electron chi connectivity index (χ3n) is 3.15. The van der Waals surface area contributed by atoms with Crippen molar-refractivity contribution in [3.05, 3.63) is 40.5 Å². The Morgan fingerprint density at radius 3 is 2.95 bits per heavy atom. The lowest BCUT2D eigenvalue weighted by Crippen LogP contribution is -2.14. The quantitative estimate of drug-likeness (QED) is 0.878. The topological polar surface area (TPSA) is 55.1 Å². The zero-order valence-corrected chi connectivity index (χ0v) is 12.3. The average Bonchev–Trinajstić information content (AvgIpc) is 3.03. The summed E-state index contributed by atoms with van der Waals surface area (Å²) in [7, 11) is 0. The van der Waals surface area contributed by atoms with Crippen molar-refractivity contribution in [2.24, 2.45) is 0 Å². The molecule has 1 aliphatic carbocycles. The summed E-state index contributed by atoms with van der Waals surface area (Å²) in [5.41, 5.74) is 2.03. The predicted octanol–water partition coefficient (Wildman–Crippen LogP) is 3.55. The highest BCUT2D eigenvalue weighted by molar-refractivity contribution is 8.00. The van der Waals surface area contributed by atoms with E-state index in [2.05, 4.69) is 10.5 Å². The van der Waals surface area contributed by atoms with E-state index >= 15 is 0 Å². The highest BCUT2D eigenvalue weighted by Crippen LogP contribution is 2.28. The first-order valence-corrected chi connectivity index (χ1v) is 7.74. The molecular formula is C14H13ClN2O2S. The summed E-state index contributed by atoms with van der Waals surface area (Å²) in [6.45, 7) is 0. The van der Waals surface area contributed by atoms with E-state index in [0.29, 0.717) is 16.7 Å². The Labute approximate surface area is 125 Å². The van der Waals surface area contributed by atoms with E-state index in [4.69, 9.17) is 16.1 Å². The molecule has 1 N–H and O–H groups in total. The van der Waals surface area contributed by atoms with Gasteiger partial charge in [0.1, 0.15) is 0 Å². The van der Waals surface area contributed by atoms with Gasteiger partial charge in [-0.15, -0.1) is 11.8 Å². The molecular weight excluding hydrogens is 296 g/mol. The molecule has 0 atom stereocenters. The van der Waals surface area contributed by atoms with Crippen molar-refractivity contribution in [2.45, 2.75) is 24.2 Å². The lowest BCUT2D eigenvalue weighted by atomic mass is 10.2. The van der Waals surface area contributed by atoms with Gasteiger partial charge in [0.15, 0.2) is 0 Å². The highest BCUT2D eigenvalue weighted by Gasteiger charge is 2.22. The third-order valence-corrected chi connectivity index (χ3v) is 4.41. The lowest BCUT2D eigenvalue weighted by molar-refractivity contribution is -0.113. The van der Waals surface area contributed by atoms with Crippen LogP contribution in [-0.4, -0.2) is 16.8 Å². The van der Waals surface area contributed by atoms with Crippen LogP contribution < -0.4 is 5.32 Å². The first-order chi connectivity index (χ1) is 9.72. The molecule has 0 bridgehead atoms. The molecule has 0 unspecified atom stereocenters.